The highest BCUT2D eigenvalue weighted by Crippen LogP contribution is 2.31. The highest BCUT2D eigenvalue weighted by atomic mass is 16.3. The zero-order valence-corrected chi connectivity index (χ0v) is 28.3. The highest BCUT2D eigenvalue weighted by Gasteiger charge is 2.16. The van der Waals surface area contributed by atoms with Gasteiger partial charge in [0.2, 0.25) is 11.8 Å². The molecule has 0 aromatic heterocycles. The molecule has 43 heavy (non-hydrogen) atoms. The number of phenols is 2. The Kier molecular flexibility index (Phi) is 14.6. The standard InChI is InChI=1S/C37H58N2O4/c1-24(2)16-30-20-28(21-31(36(30)42)17-25(3)4)12-10-14-34(40)38-39(9)35(41)15-11-13-29-22-32(18-26(5)6)37(43)33(23-29)19-27(7)8/h20-27,42-43H,10-19H2,1-9H3,(H,38,40). The SMILES string of the molecule is CC(C)Cc1cc(CCCC(=O)NN(C)C(=O)CCCc2cc(CC(C)C)c(O)c(CC(C)C)c2)cc(CC(C)C)c1O. The van der Waals surface area contributed by atoms with Crippen molar-refractivity contribution in [2.75, 3.05) is 7.05 Å². The third kappa shape index (κ3) is 12.6. The number of amides is 2. The second-order valence-corrected chi connectivity index (χ2v) is 14.1. The molecule has 2 amide bonds. The number of phenolic OH excluding ortho intramolecular Hbond substituents is 2. The number of hydrogen-bond acceptors (Lipinski definition) is 4. The van der Waals surface area contributed by atoms with Crippen LogP contribution in [0.1, 0.15) is 114 Å². The number of aromatic hydroxyl groups is 2. The first-order chi connectivity index (χ1) is 20.2. The van der Waals surface area contributed by atoms with Crippen LogP contribution in [0.4, 0.5) is 0 Å². The van der Waals surface area contributed by atoms with Gasteiger partial charge in [-0.3, -0.25) is 20.0 Å². The molecule has 0 saturated carbocycles. The maximum Gasteiger partial charge on any atom is 0.240 e. The van der Waals surface area contributed by atoms with Crippen molar-refractivity contribution in [1.29, 1.82) is 0 Å². The van der Waals surface area contributed by atoms with Gasteiger partial charge in [0.25, 0.3) is 0 Å². The second-order valence-electron chi connectivity index (χ2n) is 14.1. The zero-order chi connectivity index (χ0) is 32.3. The predicted molar refractivity (Wildman–Crippen MR) is 177 cm³/mol. The van der Waals surface area contributed by atoms with Crippen LogP contribution in [0.5, 0.6) is 11.5 Å². The minimum atomic E-state index is -0.172. The van der Waals surface area contributed by atoms with Gasteiger partial charge in [-0.15, -0.1) is 0 Å². The summed E-state index contributed by atoms with van der Waals surface area (Å²) in [5.41, 5.74) is 8.96. The lowest BCUT2D eigenvalue weighted by atomic mass is 9.92. The molecule has 2 aromatic rings. The fraction of sp³-hybridized carbons (Fsp3) is 0.622. The van der Waals surface area contributed by atoms with Crippen LogP contribution in [0.25, 0.3) is 0 Å². The normalized spacial score (nSPS) is 11.7. The average molecular weight is 595 g/mol. The molecule has 0 saturated heterocycles. The van der Waals surface area contributed by atoms with Gasteiger partial charge >= 0.3 is 0 Å². The van der Waals surface area contributed by atoms with Crippen LogP contribution >= 0.6 is 0 Å². The van der Waals surface area contributed by atoms with Crippen LogP contribution in [0.2, 0.25) is 0 Å². The fourth-order valence-corrected chi connectivity index (χ4v) is 5.70. The number of nitrogens with one attached hydrogen (secondary N) is 1. The van der Waals surface area contributed by atoms with Crippen molar-refractivity contribution in [3.05, 3.63) is 57.6 Å². The Morgan fingerprint density at radius 1 is 0.628 bits per heavy atom. The van der Waals surface area contributed by atoms with Crippen LogP contribution in [-0.4, -0.2) is 34.1 Å². The van der Waals surface area contributed by atoms with Gasteiger partial charge in [0.05, 0.1) is 0 Å². The summed E-state index contributed by atoms with van der Waals surface area (Å²) in [6.07, 6.45) is 6.77. The van der Waals surface area contributed by atoms with Crippen LogP contribution in [0, 0.1) is 23.7 Å². The van der Waals surface area contributed by atoms with Crippen molar-refractivity contribution in [2.24, 2.45) is 23.7 Å². The molecule has 240 valence electrons. The Balaban J connectivity index is 1.90. The van der Waals surface area contributed by atoms with E-state index in [2.05, 4.69) is 85.1 Å². The predicted octanol–water partition coefficient (Wildman–Crippen LogP) is 7.73. The van der Waals surface area contributed by atoms with E-state index in [0.717, 1.165) is 71.9 Å². The first kappa shape index (κ1) is 36.2. The van der Waals surface area contributed by atoms with E-state index in [9.17, 15) is 19.8 Å². The number of nitrogens with zero attached hydrogens (tertiary/aromatic N) is 1. The van der Waals surface area contributed by atoms with E-state index in [-0.39, 0.29) is 11.8 Å². The van der Waals surface area contributed by atoms with E-state index >= 15 is 0 Å². The summed E-state index contributed by atoms with van der Waals surface area (Å²) in [4.78, 5) is 25.4. The number of carbonyl (C=O) groups excluding carboxylic acids is 2. The van der Waals surface area contributed by atoms with E-state index < -0.39 is 0 Å². The Morgan fingerprint density at radius 2 is 0.953 bits per heavy atom. The van der Waals surface area contributed by atoms with Gasteiger partial charge in [0.15, 0.2) is 0 Å². The van der Waals surface area contributed by atoms with E-state index in [4.69, 9.17) is 0 Å². The van der Waals surface area contributed by atoms with Crippen LogP contribution in [0.15, 0.2) is 24.3 Å². The number of benzene rings is 2. The maximum absolute atomic E-state index is 12.8. The van der Waals surface area contributed by atoms with E-state index in [1.807, 2.05) is 0 Å². The Labute approximate surface area is 261 Å². The van der Waals surface area contributed by atoms with E-state index in [0.29, 0.717) is 60.9 Å². The smallest absolute Gasteiger partial charge is 0.240 e. The fourth-order valence-electron chi connectivity index (χ4n) is 5.70. The lowest BCUT2D eigenvalue weighted by molar-refractivity contribution is -0.139. The van der Waals surface area contributed by atoms with Gasteiger partial charge < -0.3 is 10.2 Å². The van der Waals surface area contributed by atoms with Gasteiger partial charge in [-0.25, -0.2) is 0 Å². The van der Waals surface area contributed by atoms with Gasteiger partial charge in [-0.05, 0) is 108 Å². The van der Waals surface area contributed by atoms with E-state index in [1.165, 1.54) is 5.01 Å². The van der Waals surface area contributed by atoms with Gasteiger partial charge in [-0.1, -0.05) is 79.7 Å². The number of carbonyl (C=O) groups is 2. The largest absolute Gasteiger partial charge is 0.507 e. The van der Waals surface area contributed by atoms with Crippen molar-refractivity contribution in [1.82, 2.24) is 10.4 Å². The van der Waals surface area contributed by atoms with Crippen molar-refractivity contribution >= 4 is 11.8 Å². The Bertz CT molecular complexity index is 1140. The van der Waals surface area contributed by atoms with Crippen LogP contribution in [-0.2, 0) is 48.1 Å². The molecule has 0 aliphatic heterocycles. The molecular weight excluding hydrogens is 536 g/mol. The number of hydrogen-bond donors (Lipinski definition) is 3. The molecule has 0 aliphatic carbocycles. The zero-order valence-electron chi connectivity index (χ0n) is 28.3. The molecule has 6 heteroatoms. The quantitative estimate of drug-likeness (QED) is 0.174. The summed E-state index contributed by atoms with van der Waals surface area (Å²) in [6, 6.07) is 8.33. The lowest BCUT2D eigenvalue weighted by Gasteiger charge is -2.19. The molecule has 6 nitrogen and oxygen atoms in total. The summed E-state index contributed by atoms with van der Waals surface area (Å²) in [7, 11) is 1.61. The topological polar surface area (TPSA) is 89.9 Å². The van der Waals surface area contributed by atoms with Gasteiger partial charge in [0, 0.05) is 19.9 Å². The molecule has 3 N–H and O–H groups in total. The Morgan fingerprint density at radius 3 is 1.28 bits per heavy atom. The molecule has 0 bridgehead atoms. The molecule has 2 aromatic carbocycles. The number of aryl methyl sites for hydroxylation is 2. The van der Waals surface area contributed by atoms with Crippen molar-refractivity contribution in [3.63, 3.8) is 0 Å². The Hall–Kier alpha value is -3.02. The maximum atomic E-state index is 12.8. The first-order valence-corrected chi connectivity index (χ1v) is 16.4. The number of rotatable bonds is 16. The molecule has 0 aliphatic rings. The highest BCUT2D eigenvalue weighted by molar-refractivity contribution is 5.81. The minimum absolute atomic E-state index is 0.118. The summed E-state index contributed by atoms with van der Waals surface area (Å²) in [5.74, 6) is 2.32. The van der Waals surface area contributed by atoms with Gasteiger partial charge in [0.1, 0.15) is 11.5 Å². The van der Waals surface area contributed by atoms with E-state index in [1.54, 1.807) is 7.05 Å². The van der Waals surface area contributed by atoms with Crippen LogP contribution < -0.4 is 5.43 Å². The molecular formula is C37H58N2O4. The van der Waals surface area contributed by atoms with Crippen molar-refractivity contribution in [3.8, 4) is 11.5 Å². The lowest BCUT2D eigenvalue weighted by Crippen LogP contribution is -2.43. The second kappa shape index (κ2) is 17.3. The monoisotopic (exact) mass is 594 g/mol. The molecule has 0 spiro atoms. The summed E-state index contributed by atoms with van der Waals surface area (Å²) < 4.78 is 0. The summed E-state index contributed by atoms with van der Waals surface area (Å²) in [5, 5.41) is 22.9. The summed E-state index contributed by atoms with van der Waals surface area (Å²) >= 11 is 0. The van der Waals surface area contributed by atoms with Crippen molar-refractivity contribution in [2.45, 2.75) is 120 Å². The molecule has 0 unspecified atom stereocenters. The molecule has 0 atom stereocenters. The first-order valence-electron chi connectivity index (χ1n) is 16.4. The molecule has 0 fully saturated rings. The molecule has 0 radical (unpaired) electrons. The van der Waals surface area contributed by atoms with Crippen LogP contribution in [0.3, 0.4) is 0 Å². The number of hydrazine groups is 1. The third-order valence-corrected chi connectivity index (χ3v) is 7.56. The minimum Gasteiger partial charge on any atom is -0.507 e. The summed E-state index contributed by atoms with van der Waals surface area (Å²) in [6.45, 7) is 17.2. The van der Waals surface area contributed by atoms with Crippen molar-refractivity contribution < 1.29 is 19.8 Å². The molecule has 0 heterocycles. The third-order valence-electron chi connectivity index (χ3n) is 7.56. The molecule has 2 rings (SSSR count). The average Bonchev–Trinajstić information content (AvgIpc) is 2.88. The van der Waals surface area contributed by atoms with Gasteiger partial charge in [-0.2, -0.15) is 0 Å².